The van der Waals surface area contributed by atoms with Gasteiger partial charge >= 0.3 is 0 Å². The first-order valence-corrected chi connectivity index (χ1v) is 12.6. The topological polar surface area (TPSA) is 67.9 Å². The largest absolute Gasteiger partial charge is 0.454 e. The van der Waals surface area contributed by atoms with Crippen LogP contribution in [0, 0.1) is 0 Å². The Bertz CT molecular complexity index is 1020. The van der Waals surface area contributed by atoms with Crippen LogP contribution in [-0.4, -0.2) is 35.6 Å². The minimum absolute atomic E-state index is 0.139. The number of rotatable bonds is 8. The Morgan fingerprint density at radius 3 is 2.50 bits per heavy atom. The third kappa shape index (κ3) is 5.97. The third-order valence-corrected chi connectivity index (χ3v) is 7.28. The fourth-order valence-electron chi connectivity index (χ4n) is 4.50. The molecule has 6 nitrogen and oxygen atoms in total. The van der Waals surface area contributed by atoms with E-state index in [-0.39, 0.29) is 37.6 Å². The fraction of sp³-hybridized carbons (Fsp3) is 0.462. The van der Waals surface area contributed by atoms with Gasteiger partial charge < -0.3 is 19.7 Å². The van der Waals surface area contributed by atoms with Gasteiger partial charge in [0.2, 0.25) is 18.6 Å². The summed E-state index contributed by atoms with van der Waals surface area (Å²) in [6, 6.07) is 10.4. The van der Waals surface area contributed by atoms with Gasteiger partial charge in [-0.25, -0.2) is 0 Å². The molecular weight excluding hydrogens is 475 g/mol. The van der Waals surface area contributed by atoms with Crippen LogP contribution in [0.15, 0.2) is 36.4 Å². The lowest BCUT2D eigenvalue weighted by molar-refractivity contribution is -0.141. The molecular formula is C26H30Cl2N2O4. The molecule has 1 aliphatic heterocycles. The number of benzene rings is 2. The number of aryl methyl sites for hydroxylation is 1. The molecule has 0 saturated heterocycles. The highest BCUT2D eigenvalue weighted by Gasteiger charge is 2.29. The Kier molecular flexibility index (Phi) is 8.22. The molecule has 2 amide bonds. The SMILES string of the molecule is CC(C(=O)NC1CCCCC1)N(Cc1c(Cl)cccc1Cl)C(=O)CCc1ccc2c(c1)OCO2. The number of halogens is 2. The molecule has 1 aliphatic carbocycles. The zero-order valence-corrected chi connectivity index (χ0v) is 20.8. The molecule has 1 unspecified atom stereocenters. The third-order valence-electron chi connectivity index (χ3n) is 6.57. The number of nitrogens with zero attached hydrogens (tertiary/aromatic N) is 1. The van der Waals surface area contributed by atoms with E-state index in [4.69, 9.17) is 32.7 Å². The molecule has 1 atom stereocenters. The van der Waals surface area contributed by atoms with Crippen molar-refractivity contribution in [3.05, 3.63) is 57.6 Å². The lowest BCUT2D eigenvalue weighted by atomic mass is 9.95. The van der Waals surface area contributed by atoms with E-state index >= 15 is 0 Å². The molecule has 0 bridgehead atoms. The first-order valence-electron chi connectivity index (χ1n) is 11.8. The van der Waals surface area contributed by atoms with Crippen LogP contribution in [0.25, 0.3) is 0 Å². The van der Waals surface area contributed by atoms with E-state index in [1.807, 2.05) is 18.2 Å². The first-order chi connectivity index (χ1) is 16.4. The molecule has 1 heterocycles. The van der Waals surface area contributed by atoms with Crippen molar-refractivity contribution >= 4 is 35.0 Å². The van der Waals surface area contributed by atoms with Crippen molar-refractivity contribution in [1.82, 2.24) is 10.2 Å². The van der Waals surface area contributed by atoms with Crippen molar-refractivity contribution in [3.63, 3.8) is 0 Å². The summed E-state index contributed by atoms with van der Waals surface area (Å²) >= 11 is 12.8. The highest BCUT2D eigenvalue weighted by Crippen LogP contribution is 2.33. The van der Waals surface area contributed by atoms with Crippen molar-refractivity contribution in [2.24, 2.45) is 0 Å². The maximum Gasteiger partial charge on any atom is 0.242 e. The van der Waals surface area contributed by atoms with Gasteiger partial charge in [-0.05, 0) is 56.0 Å². The molecule has 0 aromatic heterocycles. The van der Waals surface area contributed by atoms with Gasteiger partial charge in [-0.2, -0.15) is 0 Å². The van der Waals surface area contributed by atoms with E-state index < -0.39 is 6.04 Å². The van der Waals surface area contributed by atoms with Gasteiger partial charge in [0.25, 0.3) is 0 Å². The molecule has 4 rings (SSSR count). The zero-order chi connectivity index (χ0) is 24.1. The molecule has 182 valence electrons. The summed E-state index contributed by atoms with van der Waals surface area (Å²) < 4.78 is 10.8. The molecule has 2 aliphatic rings. The molecule has 1 N–H and O–H groups in total. The minimum atomic E-state index is -0.654. The minimum Gasteiger partial charge on any atom is -0.454 e. The number of amides is 2. The lowest BCUT2D eigenvalue weighted by Crippen LogP contribution is -2.50. The highest BCUT2D eigenvalue weighted by atomic mass is 35.5. The summed E-state index contributed by atoms with van der Waals surface area (Å²) in [5.41, 5.74) is 1.60. The van der Waals surface area contributed by atoms with Crippen LogP contribution in [0.5, 0.6) is 11.5 Å². The van der Waals surface area contributed by atoms with Gasteiger partial charge in [0, 0.05) is 34.6 Å². The number of carbonyl (C=O) groups excluding carboxylic acids is 2. The molecule has 2 aromatic rings. The van der Waals surface area contributed by atoms with Gasteiger partial charge in [-0.3, -0.25) is 9.59 Å². The van der Waals surface area contributed by atoms with Gasteiger partial charge in [0.05, 0.1) is 0 Å². The summed E-state index contributed by atoms with van der Waals surface area (Å²) in [5, 5.41) is 4.09. The van der Waals surface area contributed by atoms with Crippen LogP contribution < -0.4 is 14.8 Å². The van der Waals surface area contributed by atoms with Crippen LogP contribution in [0.1, 0.15) is 56.6 Å². The van der Waals surface area contributed by atoms with E-state index in [2.05, 4.69) is 5.32 Å². The Labute approximate surface area is 210 Å². The van der Waals surface area contributed by atoms with Gasteiger partial charge in [0.15, 0.2) is 11.5 Å². The van der Waals surface area contributed by atoms with Crippen LogP contribution in [-0.2, 0) is 22.6 Å². The van der Waals surface area contributed by atoms with Crippen LogP contribution in [0.2, 0.25) is 10.0 Å². The van der Waals surface area contributed by atoms with Crippen molar-refractivity contribution in [2.45, 2.75) is 70.5 Å². The Morgan fingerprint density at radius 1 is 1.06 bits per heavy atom. The van der Waals surface area contributed by atoms with E-state index in [1.165, 1.54) is 6.42 Å². The smallest absolute Gasteiger partial charge is 0.242 e. The monoisotopic (exact) mass is 504 g/mol. The molecule has 1 saturated carbocycles. The van der Waals surface area contributed by atoms with Gasteiger partial charge in [-0.15, -0.1) is 0 Å². The number of fused-ring (bicyclic) bond motifs is 1. The maximum absolute atomic E-state index is 13.4. The summed E-state index contributed by atoms with van der Waals surface area (Å²) in [6.45, 7) is 2.14. The molecule has 8 heteroatoms. The van der Waals surface area contributed by atoms with E-state index in [0.29, 0.717) is 33.5 Å². The summed E-state index contributed by atoms with van der Waals surface area (Å²) in [7, 11) is 0. The second-order valence-electron chi connectivity index (χ2n) is 8.93. The number of ether oxygens (including phenoxy) is 2. The number of nitrogens with one attached hydrogen (secondary N) is 1. The molecule has 0 spiro atoms. The standard InChI is InChI=1S/C26H30Cl2N2O4/c1-17(26(32)29-19-6-3-2-4-7-19)30(15-20-21(27)8-5-9-22(20)28)25(31)13-11-18-10-12-23-24(14-18)34-16-33-23/h5,8-10,12,14,17,19H,2-4,6-7,11,13,15-16H2,1H3,(H,29,32). The van der Waals surface area contributed by atoms with Gasteiger partial charge in [0.1, 0.15) is 6.04 Å². The number of carbonyl (C=O) groups is 2. The molecule has 1 fully saturated rings. The van der Waals surface area contributed by atoms with Crippen LogP contribution in [0.4, 0.5) is 0 Å². The number of hydrogen-bond donors (Lipinski definition) is 1. The van der Waals surface area contributed by atoms with Crippen LogP contribution in [0.3, 0.4) is 0 Å². The summed E-state index contributed by atoms with van der Waals surface area (Å²) in [4.78, 5) is 28.1. The molecule has 34 heavy (non-hydrogen) atoms. The Hall–Kier alpha value is -2.44. The Balaban J connectivity index is 1.48. The predicted octanol–water partition coefficient (Wildman–Crippen LogP) is 5.52. The van der Waals surface area contributed by atoms with E-state index in [1.54, 1.807) is 30.0 Å². The summed E-state index contributed by atoms with van der Waals surface area (Å²) in [5.74, 6) is 1.11. The maximum atomic E-state index is 13.4. The molecule has 2 aromatic carbocycles. The molecule has 0 radical (unpaired) electrons. The zero-order valence-electron chi connectivity index (χ0n) is 19.3. The van der Waals surface area contributed by atoms with E-state index in [9.17, 15) is 9.59 Å². The average Bonchev–Trinajstić information content (AvgIpc) is 3.30. The van der Waals surface area contributed by atoms with Crippen molar-refractivity contribution < 1.29 is 19.1 Å². The fourth-order valence-corrected chi connectivity index (χ4v) is 5.01. The highest BCUT2D eigenvalue weighted by molar-refractivity contribution is 6.36. The summed E-state index contributed by atoms with van der Waals surface area (Å²) in [6.07, 6.45) is 6.15. The predicted molar refractivity (Wildman–Crippen MR) is 132 cm³/mol. The average molecular weight is 505 g/mol. The lowest BCUT2D eigenvalue weighted by Gasteiger charge is -2.31. The number of hydrogen-bond acceptors (Lipinski definition) is 4. The first kappa shape index (κ1) is 24.7. The van der Waals surface area contributed by atoms with Gasteiger partial charge in [-0.1, -0.05) is 54.6 Å². The van der Waals surface area contributed by atoms with E-state index in [0.717, 1.165) is 31.2 Å². The van der Waals surface area contributed by atoms with Crippen molar-refractivity contribution in [3.8, 4) is 11.5 Å². The van der Waals surface area contributed by atoms with Crippen molar-refractivity contribution in [2.75, 3.05) is 6.79 Å². The normalized spacial score (nSPS) is 16.2. The van der Waals surface area contributed by atoms with Crippen LogP contribution >= 0.6 is 23.2 Å². The van der Waals surface area contributed by atoms with Crippen molar-refractivity contribution in [1.29, 1.82) is 0 Å². The quantitative estimate of drug-likeness (QED) is 0.513. The Morgan fingerprint density at radius 2 is 1.76 bits per heavy atom. The second-order valence-corrected chi connectivity index (χ2v) is 9.74. The second kappa shape index (κ2) is 11.3.